The molecule has 1 amide bonds. The van der Waals surface area contributed by atoms with Gasteiger partial charge in [-0.15, -0.1) is 0 Å². The van der Waals surface area contributed by atoms with Crippen molar-refractivity contribution >= 4 is 23.2 Å². The van der Waals surface area contributed by atoms with Crippen LogP contribution < -0.4 is 5.32 Å². The smallest absolute Gasteiger partial charge is 0.255 e. The van der Waals surface area contributed by atoms with Gasteiger partial charge in [-0.1, -0.05) is 11.6 Å². The number of amides is 1. The summed E-state index contributed by atoms with van der Waals surface area (Å²) in [6.45, 7) is 1.20. The predicted octanol–water partition coefficient (Wildman–Crippen LogP) is 1.83. The number of nitrogens with zero attached hydrogens (tertiary/aromatic N) is 3. The van der Waals surface area contributed by atoms with Crippen molar-refractivity contribution in [1.29, 1.82) is 0 Å². The van der Waals surface area contributed by atoms with E-state index in [1.807, 2.05) is 0 Å². The van der Waals surface area contributed by atoms with Crippen molar-refractivity contribution in [3.8, 4) is 0 Å². The van der Waals surface area contributed by atoms with Crippen molar-refractivity contribution in [2.75, 3.05) is 19.0 Å². The van der Waals surface area contributed by atoms with E-state index in [0.29, 0.717) is 24.4 Å². The summed E-state index contributed by atoms with van der Waals surface area (Å²) in [5.74, 6) is -0.254. The minimum absolute atomic E-state index is 0.254. The van der Waals surface area contributed by atoms with Crippen molar-refractivity contribution in [3.63, 3.8) is 0 Å². The maximum absolute atomic E-state index is 11.9. The zero-order valence-corrected chi connectivity index (χ0v) is 11.1. The van der Waals surface area contributed by atoms with Gasteiger partial charge < -0.3 is 10.1 Å². The standard InChI is InChI=1S/C12H13ClN4O2/c1-19-5-4-17-8-10(7-15-17)16-12(18)9-2-3-14-11(13)6-9/h2-3,6-8H,4-5H2,1H3,(H,16,18). The third-order valence-corrected chi connectivity index (χ3v) is 2.61. The average Bonchev–Trinajstić information content (AvgIpc) is 2.84. The van der Waals surface area contributed by atoms with Gasteiger partial charge in [0, 0.05) is 25.1 Å². The lowest BCUT2D eigenvalue weighted by atomic mass is 10.2. The highest BCUT2D eigenvalue weighted by Crippen LogP contribution is 2.11. The van der Waals surface area contributed by atoms with E-state index in [1.165, 1.54) is 12.3 Å². The van der Waals surface area contributed by atoms with E-state index in [-0.39, 0.29) is 11.1 Å². The molecule has 0 atom stereocenters. The first-order chi connectivity index (χ1) is 9.19. The normalized spacial score (nSPS) is 10.4. The number of pyridine rings is 1. The van der Waals surface area contributed by atoms with Crippen molar-refractivity contribution < 1.29 is 9.53 Å². The van der Waals surface area contributed by atoms with E-state index in [1.54, 1.807) is 30.3 Å². The van der Waals surface area contributed by atoms with Gasteiger partial charge in [0.1, 0.15) is 5.15 Å². The topological polar surface area (TPSA) is 69.0 Å². The lowest BCUT2D eigenvalue weighted by Gasteiger charge is -2.02. The molecule has 2 aromatic rings. The Labute approximate surface area is 115 Å². The lowest BCUT2D eigenvalue weighted by molar-refractivity contribution is 0.102. The summed E-state index contributed by atoms with van der Waals surface area (Å²) in [4.78, 5) is 15.8. The highest BCUT2D eigenvalue weighted by atomic mass is 35.5. The molecule has 0 aliphatic rings. The molecule has 2 rings (SSSR count). The molecule has 0 aromatic carbocycles. The van der Waals surface area contributed by atoms with E-state index in [4.69, 9.17) is 16.3 Å². The molecule has 100 valence electrons. The quantitative estimate of drug-likeness (QED) is 0.849. The number of halogens is 1. The third kappa shape index (κ3) is 3.77. The fraction of sp³-hybridized carbons (Fsp3) is 0.250. The van der Waals surface area contributed by atoms with Crippen LogP contribution in [0.1, 0.15) is 10.4 Å². The Bertz CT molecular complexity index is 570. The van der Waals surface area contributed by atoms with Gasteiger partial charge in [-0.3, -0.25) is 9.48 Å². The van der Waals surface area contributed by atoms with Crippen LogP contribution in [0.25, 0.3) is 0 Å². The molecule has 2 aromatic heterocycles. The van der Waals surface area contributed by atoms with Gasteiger partial charge >= 0.3 is 0 Å². The minimum Gasteiger partial charge on any atom is -0.383 e. The van der Waals surface area contributed by atoms with Crippen LogP contribution in [0.5, 0.6) is 0 Å². The van der Waals surface area contributed by atoms with Crippen LogP contribution in [-0.4, -0.2) is 34.4 Å². The van der Waals surface area contributed by atoms with Crippen LogP contribution in [0.3, 0.4) is 0 Å². The summed E-state index contributed by atoms with van der Waals surface area (Å²) in [5.41, 5.74) is 1.07. The van der Waals surface area contributed by atoms with Crippen molar-refractivity contribution in [1.82, 2.24) is 14.8 Å². The first-order valence-corrected chi connectivity index (χ1v) is 6.01. The Morgan fingerprint density at radius 2 is 2.42 bits per heavy atom. The molecule has 0 saturated heterocycles. The fourth-order valence-corrected chi connectivity index (χ4v) is 1.66. The molecule has 1 N–H and O–H groups in total. The number of aromatic nitrogens is 3. The van der Waals surface area contributed by atoms with Gasteiger partial charge in [-0.2, -0.15) is 5.10 Å². The number of anilines is 1. The molecule has 0 spiro atoms. The summed E-state index contributed by atoms with van der Waals surface area (Å²) in [5, 5.41) is 7.12. The second-order valence-electron chi connectivity index (χ2n) is 3.81. The molecule has 0 saturated carbocycles. The van der Waals surface area contributed by atoms with Gasteiger partial charge in [-0.05, 0) is 12.1 Å². The molecule has 0 aliphatic heterocycles. The molecular formula is C12H13ClN4O2. The summed E-state index contributed by atoms with van der Waals surface area (Å²) in [6, 6.07) is 3.10. The van der Waals surface area contributed by atoms with Crippen LogP contribution in [0, 0.1) is 0 Å². The van der Waals surface area contributed by atoms with Gasteiger partial charge in [0.25, 0.3) is 5.91 Å². The highest BCUT2D eigenvalue weighted by molar-refractivity contribution is 6.29. The number of hydrogen-bond donors (Lipinski definition) is 1. The van der Waals surface area contributed by atoms with Crippen molar-refractivity contribution in [2.24, 2.45) is 0 Å². The highest BCUT2D eigenvalue weighted by Gasteiger charge is 2.08. The van der Waals surface area contributed by atoms with Crippen molar-refractivity contribution in [2.45, 2.75) is 6.54 Å². The number of hydrogen-bond acceptors (Lipinski definition) is 4. The average molecular weight is 281 g/mol. The van der Waals surface area contributed by atoms with E-state index in [9.17, 15) is 4.79 Å². The van der Waals surface area contributed by atoms with Gasteiger partial charge in [0.05, 0.1) is 25.0 Å². The van der Waals surface area contributed by atoms with Gasteiger partial charge in [0.15, 0.2) is 0 Å². The first-order valence-electron chi connectivity index (χ1n) is 5.63. The van der Waals surface area contributed by atoms with E-state index in [2.05, 4.69) is 15.4 Å². The largest absolute Gasteiger partial charge is 0.383 e. The monoisotopic (exact) mass is 280 g/mol. The molecule has 0 bridgehead atoms. The Kier molecular flexibility index (Phi) is 4.48. The summed E-state index contributed by atoms with van der Waals surface area (Å²) >= 11 is 5.73. The molecule has 2 heterocycles. The zero-order chi connectivity index (χ0) is 13.7. The van der Waals surface area contributed by atoms with Gasteiger partial charge in [0.2, 0.25) is 0 Å². The number of nitrogens with one attached hydrogen (secondary N) is 1. The molecule has 7 heteroatoms. The summed E-state index contributed by atoms with van der Waals surface area (Å²) in [7, 11) is 1.62. The van der Waals surface area contributed by atoms with Crippen LogP contribution in [0.4, 0.5) is 5.69 Å². The van der Waals surface area contributed by atoms with Crippen LogP contribution in [-0.2, 0) is 11.3 Å². The molecule has 0 fully saturated rings. The van der Waals surface area contributed by atoms with Gasteiger partial charge in [-0.25, -0.2) is 4.98 Å². The SMILES string of the molecule is COCCn1cc(NC(=O)c2ccnc(Cl)c2)cn1. The lowest BCUT2D eigenvalue weighted by Crippen LogP contribution is -2.11. The number of rotatable bonds is 5. The third-order valence-electron chi connectivity index (χ3n) is 2.40. The molecule has 0 unspecified atom stereocenters. The van der Waals surface area contributed by atoms with E-state index >= 15 is 0 Å². The first kappa shape index (κ1) is 13.5. The molecule has 19 heavy (non-hydrogen) atoms. The number of ether oxygens (including phenoxy) is 1. The maximum atomic E-state index is 11.9. The molecular weight excluding hydrogens is 268 g/mol. The number of methoxy groups -OCH3 is 1. The Balaban J connectivity index is 2.00. The van der Waals surface area contributed by atoms with E-state index < -0.39 is 0 Å². The fourth-order valence-electron chi connectivity index (χ4n) is 1.48. The second kappa shape index (κ2) is 6.31. The number of carbonyl (C=O) groups excluding carboxylic acids is 1. The molecule has 0 radical (unpaired) electrons. The predicted molar refractivity (Wildman–Crippen MR) is 71.3 cm³/mol. The summed E-state index contributed by atoms with van der Waals surface area (Å²) in [6.07, 6.45) is 4.80. The Morgan fingerprint density at radius 1 is 1.58 bits per heavy atom. The molecule has 6 nitrogen and oxygen atoms in total. The van der Waals surface area contributed by atoms with Crippen molar-refractivity contribution in [3.05, 3.63) is 41.4 Å². The minimum atomic E-state index is -0.254. The second-order valence-corrected chi connectivity index (χ2v) is 4.19. The number of carbonyl (C=O) groups is 1. The van der Waals surface area contributed by atoms with Crippen LogP contribution >= 0.6 is 11.6 Å². The summed E-state index contributed by atoms with van der Waals surface area (Å²) < 4.78 is 6.64. The Morgan fingerprint density at radius 3 is 3.16 bits per heavy atom. The maximum Gasteiger partial charge on any atom is 0.255 e. The van der Waals surface area contributed by atoms with Crippen LogP contribution in [0.15, 0.2) is 30.7 Å². The Hall–Kier alpha value is -1.92. The zero-order valence-electron chi connectivity index (χ0n) is 10.3. The molecule has 0 aliphatic carbocycles. The van der Waals surface area contributed by atoms with E-state index in [0.717, 1.165) is 0 Å². The van der Waals surface area contributed by atoms with Crippen LogP contribution in [0.2, 0.25) is 5.15 Å².